The van der Waals surface area contributed by atoms with Crippen molar-refractivity contribution < 1.29 is 0 Å². The predicted octanol–water partition coefficient (Wildman–Crippen LogP) is 6.62. The standard InChI is InChI=1S/C24H16Br2N2/c1-23-9-3-11-28-22(23)21-18(4-2-10-27-21)24(23)19-12-14(25)5-7-16(19)17-8-6-15(26)13-20(17)24/h2-13,22H,1H3. The van der Waals surface area contributed by atoms with Crippen LogP contribution in [0.2, 0.25) is 0 Å². The second-order valence-corrected chi connectivity index (χ2v) is 9.74. The van der Waals surface area contributed by atoms with Crippen molar-refractivity contribution in [2.75, 3.05) is 0 Å². The summed E-state index contributed by atoms with van der Waals surface area (Å²) in [5.74, 6) is 0. The van der Waals surface area contributed by atoms with Crippen LogP contribution in [0.5, 0.6) is 0 Å². The lowest BCUT2D eigenvalue weighted by Crippen LogP contribution is -2.42. The topological polar surface area (TPSA) is 25.2 Å². The third kappa shape index (κ3) is 1.79. The molecule has 0 fully saturated rings. The summed E-state index contributed by atoms with van der Waals surface area (Å²) >= 11 is 7.46. The van der Waals surface area contributed by atoms with Crippen molar-refractivity contribution in [2.24, 2.45) is 10.4 Å². The number of hydrogen-bond acceptors (Lipinski definition) is 2. The summed E-state index contributed by atoms with van der Waals surface area (Å²) in [7, 11) is 0. The average Bonchev–Trinajstić information content (AvgIpc) is 3.11. The number of halogens is 2. The van der Waals surface area contributed by atoms with Gasteiger partial charge in [0, 0.05) is 26.8 Å². The molecule has 2 heterocycles. The molecule has 3 aliphatic rings. The van der Waals surface area contributed by atoms with Crippen LogP contribution in [0.3, 0.4) is 0 Å². The van der Waals surface area contributed by atoms with Crippen molar-refractivity contribution in [1.29, 1.82) is 0 Å². The fourth-order valence-electron chi connectivity index (χ4n) is 5.69. The molecule has 0 radical (unpaired) electrons. The number of benzene rings is 2. The Balaban J connectivity index is 1.85. The number of nitrogens with zero attached hydrogens (tertiary/aromatic N) is 2. The molecule has 2 nitrogen and oxygen atoms in total. The lowest BCUT2D eigenvalue weighted by molar-refractivity contribution is 0.269. The Kier molecular flexibility index (Phi) is 3.33. The van der Waals surface area contributed by atoms with Gasteiger partial charge in [0.2, 0.25) is 0 Å². The summed E-state index contributed by atoms with van der Waals surface area (Å²) in [5, 5.41) is 0. The molecule has 0 amide bonds. The lowest BCUT2D eigenvalue weighted by Gasteiger charge is -2.44. The van der Waals surface area contributed by atoms with E-state index in [0.717, 1.165) is 14.6 Å². The van der Waals surface area contributed by atoms with Gasteiger partial charge in [0.15, 0.2) is 0 Å². The molecule has 6 rings (SSSR count). The van der Waals surface area contributed by atoms with Crippen molar-refractivity contribution >= 4 is 38.1 Å². The van der Waals surface area contributed by atoms with E-state index in [-0.39, 0.29) is 16.9 Å². The van der Waals surface area contributed by atoms with Gasteiger partial charge in [-0.25, -0.2) is 0 Å². The first kappa shape index (κ1) is 16.9. The number of rotatable bonds is 0. The Morgan fingerprint density at radius 3 is 2.25 bits per heavy atom. The molecule has 0 bridgehead atoms. The molecule has 4 heteroatoms. The Hall–Kier alpha value is -2.04. The van der Waals surface area contributed by atoms with Crippen molar-refractivity contribution in [2.45, 2.75) is 18.4 Å². The molecule has 1 aromatic heterocycles. The molecule has 0 saturated heterocycles. The fourth-order valence-corrected chi connectivity index (χ4v) is 6.41. The van der Waals surface area contributed by atoms with E-state index < -0.39 is 0 Å². The first-order chi connectivity index (χ1) is 13.6. The van der Waals surface area contributed by atoms with E-state index in [1.807, 2.05) is 12.4 Å². The number of dihydropyridines is 1. The van der Waals surface area contributed by atoms with Crippen molar-refractivity contribution in [1.82, 2.24) is 4.98 Å². The largest absolute Gasteiger partial charge is 0.282 e. The molecule has 3 aromatic rings. The van der Waals surface area contributed by atoms with Crippen molar-refractivity contribution in [3.63, 3.8) is 0 Å². The second-order valence-electron chi connectivity index (χ2n) is 7.91. The van der Waals surface area contributed by atoms with E-state index >= 15 is 0 Å². The lowest BCUT2D eigenvalue weighted by atomic mass is 9.58. The first-order valence-corrected chi connectivity index (χ1v) is 10.9. The number of hydrogen-bond donors (Lipinski definition) is 0. The normalized spacial score (nSPS) is 24.8. The SMILES string of the molecule is CC12C=CC=NC1c1ncccc1C21c2cc(Br)ccc2-c2ccc(Br)cc21. The molecule has 0 N–H and O–H groups in total. The zero-order valence-corrected chi connectivity index (χ0v) is 18.3. The van der Waals surface area contributed by atoms with Crippen LogP contribution in [0.15, 0.2) is 80.8 Å². The van der Waals surface area contributed by atoms with Gasteiger partial charge in [0.1, 0.15) is 6.04 Å². The Morgan fingerprint density at radius 2 is 1.57 bits per heavy atom. The van der Waals surface area contributed by atoms with Gasteiger partial charge in [0.05, 0.1) is 11.1 Å². The van der Waals surface area contributed by atoms with Crippen LogP contribution in [-0.4, -0.2) is 11.2 Å². The Bertz CT molecular complexity index is 1180. The minimum Gasteiger partial charge on any atom is -0.282 e. The number of fused-ring (bicyclic) bond motifs is 10. The predicted molar refractivity (Wildman–Crippen MR) is 120 cm³/mol. The van der Waals surface area contributed by atoms with E-state index in [1.54, 1.807) is 0 Å². The summed E-state index contributed by atoms with van der Waals surface area (Å²) < 4.78 is 2.19. The highest BCUT2D eigenvalue weighted by Crippen LogP contribution is 2.70. The number of allylic oxidation sites excluding steroid dienone is 1. The van der Waals surface area contributed by atoms with E-state index in [2.05, 4.69) is 99.5 Å². The highest BCUT2D eigenvalue weighted by atomic mass is 79.9. The summed E-state index contributed by atoms with van der Waals surface area (Å²) in [6.45, 7) is 2.34. The van der Waals surface area contributed by atoms with Gasteiger partial charge in [-0.15, -0.1) is 0 Å². The molecule has 2 aromatic carbocycles. The van der Waals surface area contributed by atoms with E-state index in [0.29, 0.717) is 0 Å². The zero-order valence-electron chi connectivity index (χ0n) is 15.2. The van der Waals surface area contributed by atoms with Gasteiger partial charge in [-0.1, -0.05) is 63.1 Å². The number of pyridine rings is 1. The van der Waals surface area contributed by atoms with Gasteiger partial charge in [0.25, 0.3) is 0 Å². The summed E-state index contributed by atoms with van der Waals surface area (Å²) in [6.07, 6.45) is 8.25. The van der Waals surface area contributed by atoms with E-state index in [4.69, 9.17) is 9.98 Å². The zero-order chi connectivity index (χ0) is 19.1. The highest BCUT2D eigenvalue weighted by Gasteiger charge is 2.65. The molecule has 1 spiro atoms. The maximum absolute atomic E-state index is 4.92. The molecule has 0 saturated carbocycles. The van der Waals surface area contributed by atoms with Crippen molar-refractivity contribution in [3.05, 3.63) is 98.2 Å². The monoisotopic (exact) mass is 490 g/mol. The molecule has 1 aliphatic heterocycles. The summed E-state index contributed by atoms with van der Waals surface area (Å²) in [6, 6.07) is 17.6. The molecule has 2 aliphatic carbocycles. The minimum absolute atomic E-state index is 0.00506. The maximum Gasteiger partial charge on any atom is 0.103 e. The summed E-state index contributed by atoms with van der Waals surface area (Å²) in [4.78, 5) is 9.74. The van der Waals surface area contributed by atoms with E-state index in [9.17, 15) is 0 Å². The van der Waals surface area contributed by atoms with Crippen molar-refractivity contribution in [3.8, 4) is 11.1 Å². The van der Waals surface area contributed by atoms with Gasteiger partial charge in [-0.3, -0.25) is 9.98 Å². The maximum atomic E-state index is 4.92. The van der Waals surface area contributed by atoms with Crippen LogP contribution < -0.4 is 0 Å². The van der Waals surface area contributed by atoms with Crippen LogP contribution in [0.25, 0.3) is 11.1 Å². The number of aromatic nitrogens is 1. The molecule has 2 unspecified atom stereocenters. The van der Waals surface area contributed by atoms with Gasteiger partial charge in [-0.05, 0) is 64.2 Å². The molecular formula is C24H16Br2N2. The Labute approximate surface area is 180 Å². The smallest absolute Gasteiger partial charge is 0.103 e. The average molecular weight is 492 g/mol. The van der Waals surface area contributed by atoms with Crippen LogP contribution in [0, 0.1) is 5.41 Å². The first-order valence-electron chi connectivity index (χ1n) is 9.34. The van der Waals surface area contributed by atoms with Gasteiger partial charge in [-0.2, -0.15) is 0 Å². The molecular weight excluding hydrogens is 476 g/mol. The highest BCUT2D eigenvalue weighted by molar-refractivity contribution is 9.10. The quantitative estimate of drug-likeness (QED) is 0.346. The van der Waals surface area contributed by atoms with Crippen LogP contribution in [0.1, 0.15) is 35.3 Å². The van der Waals surface area contributed by atoms with Crippen LogP contribution >= 0.6 is 31.9 Å². The third-order valence-electron chi connectivity index (χ3n) is 6.70. The molecule has 2 atom stereocenters. The molecule has 28 heavy (non-hydrogen) atoms. The molecule has 136 valence electrons. The van der Waals surface area contributed by atoms with Crippen LogP contribution in [0.4, 0.5) is 0 Å². The van der Waals surface area contributed by atoms with Gasteiger partial charge >= 0.3 is 0 Å². The minimum atomic E-state index is -0.326. The van der Waals surface area contributed by atoms with Gasteiger partial charge < -0.3 is 0 Å². The fraction of sp³-hybridized carbons (Fsp3) is 0.167. The van der Waals surface area contributed by atoms with E-state index in [1.165, 1.54) is 27.8 Å². The second kappa shape index (κ2) is 5.52. The summed E-state index contributed by atoms with van der Waals surface area (Å²) in [5.41, 5.74) is 7.04. The number of aliphatic imine (C=N–C) groups is 1. The Morgan fingerprint density at radius 1 is 0.893 bits per heavy atom. The van der Waals surface area contributed by atoms with Crippen LogP contribution in [-0.2, 0) is 5.41 Å². The third-order valence-corrected chi connectivity index (χ3v) is 7.69.